The van der Waals surface area contributed by atoms with Gasteiger partial charge >= 0.3 is 11.9 Å². The second-order valence-electron chi connectivity index (χ2n) is 8.82. The Labute approximate surface area is 198 Å². The van der Waals surface area contributed by atoms with Gasteiger partial charge in [0.25, 0.3) is 5.56 Å². The molecule has 0 radical (unpaired) electrons. The molecule has 0 amide bonds. The van der Waals surface area contributed by atoms with Gasteiger partial charge in [0.15, 0.2) is 11.2 Å². The Morgan fingerprint density at radius 2 is 1.74 bits per heavy atom. The number of aliphatic hydroxyl groups is 1. The van der Waals surface area contributed by atoms with Crippen molar-refractivity contribution in [3.05, 3.63) is 61.5 Å². The molecule has 0 aliphatic heterocycles. The summed E-state index contributed by atoms with van der Waals surface area (Å²) >= 11 is 6.00. The number of benzene rings is 1. The number of alkyl halides is 3. The van der Waals surface area contributed by atoms with Crippen molar-refractivity contribution in [2.24, 2.45) is 13.0 Å². The summed E-state index contributed by atoms with van der Waals surface area (Å²) in [5, 5.41) is 9.74. The van der Waals surface area contributed by atoms with Gasteiger partial charge in [0.2, 0.25) is 0 Å². The highest BCUT2D eigenvalue weighted by molar-refractivity contribution is 6.30. The number of aryl methyl sites for hydroxylation is 1. The number of hydrogen-bond acceptors (Lipinski definition) is 4. The number of hydrogen-bond donors (Lipinski definition) is 1. The van der Waals surface area contributed by atoms with Crippen molar-refractivity contribution >= 4 is 22.8 Å². The number of halogens is 4. The zero-order valence-electron chi connectivity index (χ0n) is 18.7. The maximum atomic E-state index is 13.4. The standard InChI is InChI=1S/C23H26ClF3N4O3/c1-29-20-18(21(33)30(22(29)34)11-2-12-32)31(13-14-3-9-17(24)10-4-14)19(28-20)15-5-7-16(8-6-15)23(25,26)27/h3-4,9-10,15-16,32H,2,5-8,11-13H2,1H3. The van der Waals surface area contributed by atoms with E-state index in [1.165, 1.54) is 11.6 Å². The maximum Gasteiger partial charge on any atom is 0.391 e. The van der Waals surface area contributed by atoms with Crippen LogP contribution in [0.4, 0.5) is 13.2 Å². The van der Waals surface area contributed by atoms with Crippen LogP contribution in [-0.4, -0.2) is 36.6 Å². The lowest BCUT2D eigenvalue weighted by atomic mass is 9.81. The molecule has 0 bridgehead atoms. The van der Waals surface area contributed by atoms with Crippen LogP contribution in [0.3, 0.4) is 0 Å². The van der Waals surface area contributed by atoms with E-state index in [9.17, 15) is 27.9 Å². The van der Waals surface area contributed by atoms with Crippen molar-refractivity contribution in [3.63, 3.8) is 0 Å². The van der Waals surface area contributed by atoms with E-state index in [-0.39, 0.29) is 56.0 Å². The van der Waals surface area contributed by atoms with Crippen LogP contribution < -0.4 is 11.2 Å². The minimum Gasteiger partial charge on any atom is -0.396 e. The normalized spacial score (nSPS) is 19.1. The number of aliphatic hydroxyl groups excluding tert-OH is 1. The SMILES string of the molecule is Cn1c(=O)n(CCCO)c(=O)c2c1nc(C1CCC(C(F)(F)F)CC1)n2Cc1ccc(Cl)cc1. The number of rotatable bonds is 6. The third-order valence-corrected chi connectivity index (χ3v) is 6.86. The molecule has 1 fully saturated rings. The maximum absolute atomic E-state index is 13.4. The molecule has 1 saturated carbocycles. The Hall–Kier alpha value is -2.59. The minimum atomic E-state index is -4.22. The van der Waals surface area contributed by atoms with Gasteiger partial charge < -0.3 is 9.67 Å². The molecule has 7 nitrogen and oxygen atoms in total. The summed E-state index contributed by atoms with van der Waals surface area (Å²) in [4.78, 5) is 30.8. The second-order valence-corrected chi connectivity index (χ2v) is 9.26. The number of imidazole rings is 1. The van der Waals surface area contributed by atoms with E-state index in [0.717, 1.165) is 10.1 Å². The fourth-order valence-corrected chi connectivity index (χ4v) is 4.86. The molecule has 1 aromatic carbocycles. The Balaban J connectivity index is 1.85. The molecule has 2 heterocycles. The van der Waals surface area contributed by atoms with Gasteiger partial charge in [-0.05, 0) is 49.8 Å². The van der Waals surface area contributed by atoms with Crippen LogP contribution in [0.5, 0.6) is 0 Å². The second kappa shape index (κ2) is 9.58. The van der Waals surface area contributed by atoms with E-state index in [1.54, 1.807) is 16.7 Å². The van der Waals surface area contributed by atoms with E-state index in [1.807, 2.05) is 12.1 Å². The van der Waals surface area contributed by atoms with Gasteiger partial charge in [0, 0.05) is 37.7 Å². The van der Waals surface area contributed by atoms with Crippen LogP contribution in [0.15, 0.2) is 33.9 Å². The molecule has 184 valence electrons. The Kier molecular flexibility index (Phi) is 6.91. The predicted octanol–water partition coefficient (Wildman–Crippen LogP) is 3.82. The fraction of sp³-hybridized carbons (Fsp3) is 0.522. The first kappa shape index (κ1) is 24.5. The summed E-state index contributed by atoms with van der Waals surface area (Å²) in [6.45, 7) is 0.136. The van der Waals surface area contributed by atoms with Crippen LogP contribution in [0, 0.1) is 5.92 Å². The zero-order valence-corrected chi connectivity index (χ0v) is 19.4. The van der Waals surface area contributed by atoms with E-state index in [4.69, 9.17) is 11.6 Å². The van der Waals surface area contributed by atoms with Crippen LogP contribution >= 0.6 is 11.6 Å². The van der Waals surface area contributed by atoms with Crippen molar-refractivity contribution in [2.45, 2.75) is 57.3 Å². The molecule has 1 aliphatic rings. The van der Waals surface area contributed by atoms with Crippen LogP contribution in [0.1, 0.15) is 49.4 Å². The summed E-state index contributed by atoms with van der Waals surface area (Å²) in [5.74, 6) is -1.09. The topological polar surface area (TPSA) is 82.0 Å². The van der Waals surface area contributed by atoms with Gasteiger partial charge in [-0.1, -0.05) is 23.7 Å². The van der Waals surface area contributed by atoms with Crippen molar-refractivity contribution in [2.75, 3.05) is 6.61 Å². The molecule has 11 heteroatoms. The third kappa shape index (κ3) is 4.65. The molecular formula is C23H26ClF3N4O3. The Bertz CT molecular complexity index is 1290. The van der Waals surface area contributed by atoms with E-state index in [0.29, 0.717) is 23.7 Å². The number of nitrogens with zero attached hydrogens (tertiary/aromatic N) is 4. The summed E-state index contributed by atoms with van der Waals surface area (Å²) in [5.41, 5.74) is 0.196. The highest BCUT2D eigenvalue weighted by Crippen LogP contribution is 2.43. The fourth-order valence-electron chi connectivity index (χ4n) is 4.74. The van der Waals surface area contributed by atoms with Gasteiger partial charge in [-0.15, -0.1) is 0 Å². The Morgan fingerprint density at radius 1 is 1.09 bits per heavy atom. The van der Waals surface area contributed by atoms with Gasteiger partial charge in [-0.2, -0.15) is 13.2 Å². The first-order chi connectivity index (χ1) is 16.1. The number of aromatic nitrogens is 4. The van der Waals surface area contributed by atoms with Gasteiger partial charge in [-0.3, -0.25) is 13.9 Å². The molecule has 2 aromatic heterocycles. The average molecular weight is 499 g/mol. The molecule has 0 spiro atoms. The lowest BCUT2D eigenvalue weighted by Crippen LogP contribution is -2.40. The van der Waals surface area contributed by atoms with Crippen molar-refractivity contribution in [1.82, 2.24) is 18.7 Å². The lowest BCUT2D eigenvalue weighted by Gasteiger charge is -2.29. The molecule has 1 N–H and O–H groups in total. The highest BCUT2D eigenvalue weighted by Gasteiger charge is 2.42. The first-order valence-corrected chi connectivity index (χ1v) is 11.6. The molecule has 34 heavy (non-hydrogen) atoms. The monoisotopic (exact) mass is 498 g/mol. The van der Waals surface area contributed by atoms with Crippen LogP contribution in [0.25, 0.3) is 11.2 Å². The molecule has 0 saturated heterocycles. The van der Waals surface area contributed by atoms with Crippen LogP contribution in [0.2, 0.25) is 5.02 Å². The van der Waals surface area contributed by atoms with E-state index < -0.39 is 23.3 Å². The summed E-state index contributed by atoms with van der Waals surface area (Å²) in [6, 6.07) is 7.06. The van der Waals surface area contributed by atoms with Crippen molar-refractivity contribution in [3.8, 4) is 0 Å². The molecule has 1 aliphatic carbocycles. The summed E-state index contributed by atoms with van der Waals surface area (Å²) in [7, 11) is 1.52. The molecular weight excluding hydrogens is 473 g/mol. The molecule has 3 aromatic rings. The van der Waals surface area contributed by atoms with Gasteiger partial charge in [0.1, 0.15) is 5.82 Å². The van der Waals surface area contributed by atoms with Crippen molar-refractivity contribution < 1.29 is 18.3 Å². The van der Waals surface area contributed by atoms with E-state index >= 15 is 0 Å². The van der Waals surface area contributed by atoms with Crippen LogP contribution in [-0.2, 0) is 20.1 Å². The average Bonchev–Trinajstić information content (AvgIpc) is 3.18. The highest BCUT2D eigenvalue weighted by atomic mass is 35.5. The van der Waals surface area contributed by atoms with Crippen molar-refractivity contribution in [1.29, 1.82) is 0 Å². The lowest BCUT2D eigenvalue weighted by molar-refractivity contribution is -0.182. The largest absolute Gasteiger partial charge is 0.396 e. The predicted molar refractivity (Wildman–Crippen MR) is 122 cm³/mol. The van der Waals surface area contributed by atoms with Gasteiger partial charge in [0.05, 0.1) is 5.92 Å². The minimum absolute atomic E-state index is 0.00200. The zero-order chi connectivity index (χ0) is 24.6. The first-order valence-electron chi connectivity index (χ1n) is 11.2. The third-order valence-electron chi connectivity index (χ3n) is 6.61. The molecule has 0 unspecified atom stereocenters. The number of fused-ring (bicyclic) bond motifs is 1. The summed E-state index contributed by atoms with van der Waals surface area (Å²) < 4.78 is 43.7. The summed E-state index contributed by atoms with van der Waals surface area (Å²) in [6.07, 6.45) is -3.41. The quantitative estimate of drug-likeness (QED) is 0.560. The smallest absolute Gasteiger partial charge is 0.391 e. The molecule has 0 atom stereocenters. The van der Waals surface area contributed by atoms with Gasteiger partial charge in [-0.25, -0.2) is 9.78 Å². The Morgan fingerprint density at radius 3 is 2.32 bits per heavy atom. The molecule has 4 rings (SSSR count). The van der Waals surface area contributed by atoms with E-state index in [2.05, 4.69) is 4.98 Å².